The molecule has 0 aliphatic heterocycles. The normalized spacial score (nSPS) is 11.9. The maximum absolute atomic E-state index is 4.31. The Balaban J connectivity index is 1.39. The summed E-state index contributed by atoms with van der Waals surface area (Å²) in [6.07, 6.45) is 9.79. The highest BCUT2D eigenvalue weighted by molar-refractivity contribution is 5.86. The van der Waals surface area contributed by atoms with E-state index in [1.165, 1.54) is 22.0 Å². The first-order valence-electron chi connectivity index (χ1n) is 9.66. The standard InChI is InChI=1S/C20H29N7/c1-3-16-7-6-8-18-17(13-24-19(16)18)9-11-23-20(21-2)22-10-4-5-12-27-14-25-26-15-27/h6-8,13-15,24H,3-5,9-12H2,1-2H3,(H2,21,22,23). The van der Waals surface area contributed by atoms with Gasteiger partial charge in [0.05, 0.1) is 0 Å². The molecule has 0 saturated carbocycles. The van der Waals surface area contributed by atoms with Crippen LogP contribution in [0.15, 0.2) is 42.0 Å². The molecule has 0 bridgehead atoms. The molecule has 0 amide bonds. The van der Waals surface area contributed by atoms with Crippen LogP contribution >= 0.6 is 0 Å². The van der Waals surface area contributed by atoms with Crippen LogP contribution in [0.4, 0.5) is 0 Å². The zero-order valence-corrected chi connectivity index (χ0v) is 16.2. The van der Waals surface area contributed by atoms with E-state index < -0.39 is 0 Å². The number of nitrogens with one attached hydrogen (secondary N) is 3. The smallest absolute Gasteiger partial charge is 0.190 e. The maximum atomic E-state index is 4.31. The van der Waals surface area contributed by atoms with Crippen molar-refractivity contribution in [2.24, 2.45) is 4.99 Å². The average molecular weight is 368 g/mol. The zero-order chi connectivity index (χ0) is 18.9. The first-order valence-corrected chi connectivity index (χ1v) is 9.66. The van der Waals surface area contributed by atoms with Crippen LogP contribution in [0.3, 0.4) is 0 Å². The first-order chi connectivity index (χ1) is 13.3. The highest BCUT2D eigenvalue weighted by atomic mass is 15.2. The quantitative estimate of drug-likeness (QED) is 0.308. The van der Waals surface area contributed by atoms with Gasteiger partial charge in [0, 0.05) is 43.8 Å². The summed E-state index contributed by atoms with van der Waals surface area (Å²) in [6.45, 7) is 4.89. The number of aromatic nitrogens is 4. The fraction of sp³-hybridized carbons (Fsp3) is 0.450. The average Bonchev–Trinajstić information content (AvgIpc) is 3.36. The number of fused-ring (bicyclic) bond motifs is 1. The third kappa shape index (κ3) is 5.09. The van der Waals surface area contributed by atoms with Crippen molar-refractivity contribution < 1.29 is 0 Å². The Morgan fingerprint density at radius 3 is 2.70 bits per heavy atom. The molecule has 3 N–H and O–H groups in total. The lowest BCUT2D eigenvalue weighted by molar-refractivity contribution is 0.597. The number of nitrogens with zero attached hydrogens (tertiary/aromatic N) is 4. The molecule has 0 fully saturated rings. The van der Waals surface area contributed by atoms with E-state index >= 15 is 0 Å². The molecule has 1 aromatic carbocycles. The highest BCUT2D eigenvalue weighted by Gasteiger charge is 2.06. The van der Waals surface area contributed by atoms with Crippen molar-refractivity contribution in [1.82, 2.24) is 30.4 Å². The zero-order valence-electron chi connectivity index (χ0n) is 16.2. The van der Waals surface area contributed by atoms with Gasteiger partial charge in [0.2, 0.25) is 0 Å². The summed E-state index contributed by atoms with van der Waals surface area (Å²) in [4.78, 5) is 7.74. The summed E-state index contributed by atoms with van der Waals surface area (Å²) in [5.41, 5.74) is 3.98. The van der Waals surface area contributed by atoms with Gasteiger partial charge in [-0.25, -0.2) is 0 Å². The number of H-pyrrole nitrogens is 1. The number of para-hydroxylation sites is 1. The molecular weight excluding hydrogens is 338 g/mol. The lowest BCUT2D eigenvalue weighted by Crippen LogP contribution is -2.38. The molecule has 2 aromatic heterocycles. The van der Waals surface area contributed by atoms with Gasteiger partial charge in [0.1, 0.15) is 12.7 Å². The number of aliphatic imine (C=N–C) groups is 1. The van der Waals surface area contributed by atoms with E-state index in [2.05, 4.69) is 62.1 Å². The number of unbranched alkanes of at least 4 members (excludes halogenated alkanes) is 1. The van der Waals surface area contributed by atoms with Gasteiger partial charge in [-0.15, -0.1) is 10.2 Å². The van der Waals surface area contributed by atoms with E-state index in [-0.39, 0.29) is 0 Å². The van der Waals surface area contributed by atoms with Crippen molar-refractivity contribution in [3.63, 3.8) is 0 Å². The molecule has 2 heterocycles. The molecule has 0 aliphatic rings. The number of aromatic amines is 1. The van der Waals surface area contributed by atoms with Crippen molar-refractivity contribution in [2.75, 3.05) is 20.1 Å². The molecule has 0 saturated heterocycles. The van der Waals surface area contributed by atoms with Crippen LogP contribution in [0.1, 0.15) is 30.9 Å². The van der Waals surface area contributed by atoms with Gasteiger partial charge in [-0.1, -0.05) is 25.1 Å². The Morgan fingerprint density at radius 1 is 1.11 bits per heavy atom. The van der Waals surface area contributed by atoms with E-state index in [4.69, 9.17) is 0 Å². The number of hydrogen-bond donors (Lipinski definition) is 3. The molecule has 27 heavy (non-hydrogen) atoms. The van der Waals surface area contributed by atoms with Crippen LogP contribution in [-0.2, 0) is 19.4 Å². The van der Waals surface area contributed by atoms with Crippen LogP contribution in [0, 0.1) is 0 Å². The Morgan fingerprint density at radius 2 is 1.93 bits per heavy atom. The van der Waals surface area contributed by atoms with Crippen molar-refractivity contribution in [2.45, 2.75) is 39.2 Å². The molecule has 3 rings (SSSR count). The lowest BCUT2D eigenvalue weighted by Gasteiger charge is -2.11. The number of guanidine groups is 1. The molecule has 7 nitrogen and oxygen atoms in total. The van der Waals surface area contributed by atoms with E-state index in [1.807, 2.05) is 11.6 Å². The molecule has 7 heteroatoms. The number of aryl methyl sites for hydroxylation is 2. The van der Waals surface area contributed by atoms with E-state index in [1.54, 1.807) is 12.7 Å². The third-order valence-corrected chi connectivity index (χ3v) is 4.78. The van der Waals surface area contributed by atoms with E-state index in [9.17, 15) is 0 Å². The van der Waals surface area contributed by atoms with Crippen molar-refractivity contribution in [3.8, 4) is 0 Å². The molecular formula is C20H29N7. The third-order valence-electron chi connectivity index (χ3n) is 4.78. The predicted molar refractivity (Wildman–Crippen MR) is 110 cm³/mol. The van der Waals surface area contributed by atoms with Gasteiger partial charge in [0.15, 0.2) is 5.96 Å². The molecule has 3 aromatic rings. The second-order valence-electron chi connectivity index (χ2n) is 6.59. The Labute approximate surface area is 160 Å². The SMILES string of the molecule is CCc1cccc2c(CCNC(=NC)NCCCCn3cnnc3)c[nH]c12. The van der Waals surface area contributed by atoms with E-state index in [0.29, 0.717) is 0 Å². The summed E-state index contributed by atoms with van der Waals surface area (Å²) in [5, 5.41) is 15.7. The molecule has 0 aliphatic carbocycles. The summed E-state index contributed by atoms with van der Waals surface area (Å²) in [5.74, 6) is 0.855. The summed E-state index contributed by atoms with van der Waals surface area (Å²) >= 11 is 0. The van der Waals surface area contributed by atoms with Crippen LogP contribution < -0.4 is 10.6 Å². The van der Waals surface area contributed by atoms with Gasteiger partial charge in [0.25, 0.3) is 0 Å². The minimum atomic E-state index is 0.851. The summed E-state index contributed by atoms with van der Waals surface area (Å²) < 4.78 is 2.00. The minimum absolute atomic E-state index is 0.851. The van der Waals surface area contributed by atoms with Gasteiger partial charge >= 0.3 is 0 Å². The van der Waals surface area contributed by atoms with E-state index in [0.717, 1.165) is 51.3 Å². The lowest BCUT2D eigenvalue weighted by atomic mass is 10.1. The Hall–Kier alpha value is -2.83. The minimum Gasteiger partial charge on any atom is -0.361 e. The maximum Gasteiger partial charge on any atom is 0.190 e. The van der Waals surface area contributed by atoms with Gasteiger partial charge < -0.3 is 20.2 Å². The molecule has 0 spiro atoms. The fourth-order valence-corrected chi connectivity index (χ4v) is 3.28. The van der Waals surface area contributed by atoms with Crippen molar-refractivity contribution in [3.05, 3.63) is 48.2 Å². The number of hydrogen-bond acceptors (Lipinski definition) is 3. The number of benzene rings is 1. The van der Waals surface area contributed by atoms with Gasteiger partial charge in [-0.2, -0.15) is 0 Å². The molecule has 144 valence electrons. The second kappa shape index (κ2) is 9.75. The molecule has 0 unspecified atom stereocenters. The van der Waals surface area contributed by atoms with Gasteiger partial charge in [-0.3, -0.25) is 4.99 Å². The fourth-order valence-electron chi connectivity index (χ4n) is 3.28. The summed E-state index contributed by atoms with van der Waals surface area (Å²) in [6, 6.07) is 6.53. The topological polar surface area (TPSA) is 82.9 Å². The van der Waals surface area contributed by atoms with Crippen molar-refractivity contribution >= 4 is 16.9 Å². The first kappa shape index (κ1) is 18.9. The van der Waals surface area contributed by atoms with Gasteiger partial charge in [-0.05, 0) is 36.8 Å². The molecule has 0 atom stereocenters. The van der Waals surface area contributed by atoms with Crippen LogP contribution in [-0.4, -0.2) is 45.8 Å². The molecule has 0 radical (unpaired) electrons. The van der Waals surface area contributed by atoms with Crippen LogP contribution in [0.25, 0.3) is 10.9 Å². The Bertz CT molecular complexity index is 848. The Kier molecular flexibility index (Phi) is 6.84. The summed E-state index contributed by atoms with van der Waals surface area (Å²) in [7, 11) is 1.81. The largest absolute Gasteiger partial charge is 0.361 e. The van der Waals surface area contributed by atoms with Crippen LogP contribution in [0.2, 0.25) is 0 Å². The van der Waals surface area contributed by atoms with Crippen molar-refractivity contribution in [1.29, 1.82) is 0 Å². The van der Waals surface area contributed by atoms with Crippen LogP contribution in [0.5, 0.6) is 0 Å². The monoisotopic (exact) mass is 367 g/mol. The number of rotatable bonds is 9. The predicted octanol–water partition coefficient (Wildman–Crippen LogP) is 2.51. The second-order valence-corrected chi connectivity index (χ2v) is 6.59. The highest BCUT2D eigenvalue weighted by Crippen LogP contribution is 2.22.